The van der Waals surface area contributed by atoms with Gasteiger partial charge in [-0.25, -0.2) is 0 Å². The van der Waals surface area contributed by atoms with Gasteiger partial charge in [0, 0.05) is 0 Å². The molecule has 0 amide bonds. The van der Waals surface area contributed by atoms with Crippen LogP contribution < -0.4 is 0 Å². The predicted octanol–water partition coefficient (Wildman–Crippen LogP) is 2.84. The lowest BCUT2D eigenvalue weighted by Gasteiger charge is -2.45. The molecule has 3 aromatic rings. The second-order valence-corrected chi connectivity index (χ2v) is 8.26. The third-order valence-electron chi connectivity index (χ3n) is 5.88. The van der Waals surface area contributed by atoms with Gasteiger partial charge in [-0.2, -0.15) is 0 Å². The summed E-state index contributed by atoms with van der Waals surface area (Å²) in [5.74, 6) is 0. The van der Waals surface area contributed by atoms with Gasteiger partial charge in [0.15, 0.2) is 0 Å². The van der Waals surface area contributed by atoms with Gasteiger partial charge in [-0.1, -0.05) is 91.0 Å². The van der Waals surface area contributed by atoms with Crippen molar-refractivity contribution in [3.8, 4) is 0 Å². The molecule has 0 heterocycles. The van der Waals surface area contributed by atoms with Crippen LogP contribution in [0.5, 0.6) is 0 Å². The number of rotatable bonds is 9. The van der Waals surface area contributed by atoms with E-state index in [1.54, 1.807) is 0 Å². The molecule has 1 fully saturated rings. The molecule has 174 valence electrons. The van der Waals surface area contributed by atoms with E-state index in [1.807, 2.05) is 91.0 Å². The first-order chi connectivity index (χ1) is 16.1. The SMILES string of the molecule is O[C@H]1[C@H](O)[C@@H](OCc2ccccc2)[C@H](OCc2ccccc2)[C@@H](O)[C@H]1OCc1ccccc1. The van der Waals surface area contributed by atoms with Gasteiger partial charge in [-0.05, 0) is 16.7 Å². The van der Waals surface area contributed by atoms with Crippen molar-refractivity contribution in [2.24, 2.45) is 0 Å². The van der Waals surface area contributed by atoms with Crippen LogP contribution >= 0.6 is 0 Å². The van der Waals surface area contributed by atoms with Gasteiger partial charge in [0.1, 0.15) is 36.6 Å². The average Bonchev–Trinajstić information content (AvgIpc) is 2.86. The van der Waals surface area contributed by atoms with Crippen LogP contribution in [0.4, 0.5) is 0 Å². The summed E-state index contributed by atoms with van der Waals surface area (Å²) in [6.07, 6.45) is -6.68. The van der Waals surface area contributed by atoms with E-state index >= 15 is 0 Å². The van der Waals surface area contributed by atoms with Crippen LogP contribution in [0.2, 0.25) is 0 Å². The fourth-order valence-electron chi connectivity index (χ4n) is 4.05. The van der Waals surface area contributed by atoms with E-state index in [-0.39, 0.29) is 19.8 Å². The van der Waals surface area contributed by atoms with E-state index in [0.29, 0.717) is 0 Å². The standard InChI is InChI=1S/C27H30O6/c28-22-23(29)26(32-17-20-12-6-2-7-13-20)27(33-18-21-14-8-3-9-15-21)24(30)25(22)31-16-19-10-4-1-5-11-19/h1-15,22-30H,16-18H2/t22-,23-,24-,25-,26+,27+/m0/s1. The Kier molecular flexibility index (Phi) is 8.23. The fraction of sp³-hybridized carbons (Fsp3) is 0.333. The summed E-state index contributed by atoms with van der Waals surface area (Å²) in [4.78, 5) is 0. The van der Waals surface area contributed by atoms with Crippen molar-refractivity contribution in [1.29, 1.82) is 0 Å². The monoisotopic (exact) mass is 450 g/mol. The van der Waals surface area contributed by atoms with E-state index in [9.17, 15) is 15.3 Å². The second-order valence-electron chi connectivity index (χ2n) is 8.26. The number of aliphatic hydroxyl groups is 3. The highest BCUT2D eigenvalue weighted by molar-refractivity contribution is 5.16. The Bertz CT molecular complexity index is 952. The van der Waals surface area contributed by atoms with E-state index in [4.69, 9.17) is 14.2 Å². The number of hydrogen-bond donors (Lipinski definition) is 3. The highest BCUT2D eigenvalue weighted by Gasteiger charge is 2.51. The van der Waals surface area contributed by atoms with Gasteiger partial charge in [-0.3, -0.25) is 0 Å². The third kappa shape index (κ3) is 6.06. The van der Waals surface area contributed by atoms with Crippen LogP contribution in [0, 0.1) is 0 Å². The summed E-state index contributed by atoms with van der Waals surface area (Å²) in [5, 5.41) is 32.8. The third-order valence-corrected chi connectivity index (χ3v) is 5.88. The number of aliphatic hydroxyl groups excluding tert-OH is 3. The van der Waals surface area contributed by atoms with Crippen LogP contribution in [-0.4, -0.2) is 51.9 Å². The van der Waals surface area contributed by atoms with Gasteiger partial charge in [-0.15, -0.1) is 0 Å². The Morgan fingerprint density at radius 2 is 0.727 bits per heavy atom. The zero-order chi connectivity index (χ0) is 23.0. The summed E-state index contributed by atoms with van der Waals surface area (Å²) in [7, 11) is 0. The normalized spacial score (nSPS) is 27.4. The van der Waals surface area contributed by atoms with E-state index in [2.05, 4.69) is 0 Å². The van der Waals surface area contributed by atoms with E-state index < -0.39 is 36.6 Å². The van der Waals surface area contributed by atoms with Gasteiger partial charge in [0.2, 0.25) is 0 Å². The van der Waals surface area contributed by atoms with Crippen molar-refractivity contribution in [2.75, 3.05) is 0 Å². The lowest BCUT2D eigenvalue weighted by molar-refractivity contribution is -0.262. The molecule has 6 nitrogen and oxygen atoms in total. The van der Waals surface area contributed by atoms with Crippen LogP contribution in [0.25, 0.3) is 0 Å². The molecule has 33 heavy (non-hydrogen) atoms. The van der Waals surface area contributed by atoms with Crippen LogP contribution in [-0.2, 0) is 34.0 Å². The number of ether oxygens (including phenoxy) is 3. The Hall–Kier alpha value is -2.58. The first-order valence-electron chi connectivity index (χ1n) is 11.1. The Morgan fingerprint density at radius 1 is 0.424 bits per heavy atom. The predicted molar refractivity (Wildman–Crippen MR) is 123 cm³/mol. The minimum atomic E-state index is -1.33. The first-order valence-corrected chi connectivity index (χ1v) is 11.1. The summed E-state index contributed by atoms with van der Waals surface area (Å²) in [6.45, 7) is 0.623. The molecule has 0 saturated heterocycles. The highest BCUT2D eigenvalue weighted by Crippen LogP contribution is 2.30. The van der Waals surface area contributed by atoms with Crippen molar-refractivity contribution in [1.82, 2.24) is 0 Å². The van der Waals surface area contributed by atoms with Crippen molar-refractivity contribution >= 4 is 0 Å². The van der Waals surface area contributed by atoms with Crippen molar-refractivity contribution in [3.63, 3.8) is 0 Å². The summed E-state index contributed by atoms with van der Waals surface area (Å²) in [5.41, 5.74) is 2.74. The zero-order valence-electron chi connectivity index (χ0n) is 18.3. The molecule has 0 radical (unpaired) electrons. The first kappa shape index (κ1) is 23.6. The summed E-state index contributed by atoms with van der Waals surface area (Å²) in [6, 6.07) is 28.6. The minimum Gasteiger partial charge on any atom is -0.387 e. The quantitative estimate of drug-likeness (QED) is 0.465. The average molecular weight is 451 g/mol. The molecule has 1 aliphatic rings. The zero-order valence-corrected chi connectivity index (χ0v) is 18.3. The molecule has 6 heteroatoms. The van der Waals surface area contributed by atoms with Crippen molar-refractivity contribution in [2.45, 2.75) is 56.4 Å². The molecule has 3 N–H and O–H groups in total. The summed E-state index contributed by atoms with van der Waals surface area (Å²) < 4.78 is 17.9. The van der Waals surface area contributed by atoms with Gasteiger partial charge in [0.05, 0.1) is 19.8 Å². The minimum absolute atomic E-state index is 0.188. The molecule has 3 aromatic carbocycles. The largest absolute Gasteiger partial charge is 0.387 e. The van der Waals surface area contributed by atoms with Crippen LogP contribution in [0.3, 0.4) is 0 Å². The van der Waals surface area contributed by atoms with Crippen molar-refractivity contribution < 1.29 is 29.5 Å². The topological polar surface area (TPSA) is 88.4 Å². The maximum Gasteiger partial charge on any atom is 0.115 e. The fourth-order valence-corrected chi connectivity index (χ4v) is 4.05. The van der Waals surface area contributed by atoms with Crippen molar-refractivity contribution in [3.05, 3.63) is 108 Å². The Morgan fingerprint density at radius 3 is 1.12 bits per heavy atom. The lowest BCUT2D eigenvalue weighted by Crippen LogP contribution is -2.65. The molecule has 0 unspecified atom stereocenters. The van der Waals surface area contributed by atoms with Crippen LogP contribution in [0.1, 0.15) is 16.7 Å². The Labute approximate surface area is 194 Å². The molecular weight excluding hydrogens is 420 g/mol. The molecule has 1 saturated carbocycles. The second kappa shape index (κ2) is 11.5. The molecule has 6 atom stereocenters. The highest BCUT2D eigenvalue weighted by atomic mass is 16.6. The van der Waals surface area contributed by atoms with E-state index in [1.165, 1.54) is 0 Å². The van der Waals surface area contributed by atoms with Gasteiger partial charge >= 0.3 is 0 Å². The molecule has 0 aromatic heterocycles. The van der Waals surface area contributed by atoms with Crippen LogP contribution in [0.15, 0.2) is 91.0 Å². The van der Waals surface area contributed by atoms with E-state index in [0.717, 1.165) is 16.7 Å². The molecule has 1 aliphatic carbocycles. The maximum atomic E-state index is 11.1. The molecular formula is C27H30O6. The maximum absolute atomic E-state index is 11.1. The van der Waals surface area contributed by atoms with Gasteiger partial charge in [0.25, 0.3) is 0 Å². The smallest absolute Gasteiger partial charge is 0.115 e. The Balaban J connectivity index is 1.49. The lowest BCUT2D eigenvalue weighted by atomic mass is 9.84. The molecule has 0 aliphatic heterocycles. The summed E-state index contributed by atoms with van der Waals surface area (Å²) >= 11 is 0. The molecule has 0 bridgehead atoms. The molecule has 0 spiro atoms. The van der Waals surface area contributed by atoms with Gasteiger partial charge < -0.3 is 29.5 Å². The molecule has 4 rings (SSSR count). The number of benzene rings is 3. The number of hydrogen-bond acceptors (Lipinski definition) is 6.